The van der Waals surface area contributed by atoms with Crippen molar-refractivity contribution < 1.29 is 0 Å². The van der Waals surface area contributed by atoms with Crippen molar-refractivity contribution in [3.63, 3.8) is 0 Å². The summed E-state index contributed by atoms with van der Waals surface area (Å²) in [4.78, 5) is 0. The van der Waals surface area contributed by atoms with Crippen LogP contribution < -0.4 is 21.8 Å². The Hall–Kier alpha value is -0.783. The maximum atomic E-state index is 5.80. The van der Waals surface area contributed by atoms with Gasteiger partial charge in [-0.15, -0.1) is 0 Å². The van der Waals surface area contributed by atoms with Crippen molar-refractivity contribution in [2.75, 3.05) is 11.5 Å². The summed E-state index contributed by atoms with van der Waals surface area (Å²) >= 11 is 7.07. The van der Waals surface area contributed by atoms with Crippen LogP contribution in [0.3, 0.4) is 0 Å². The van der Waals surface area contributed by atoms with E-state index in [4.69, 9.17) is 11.5 Å². The standard InChI is InChI=1S/C12H10Br2N2Si/c13-9-3-1-7(15)5-11(9)17-12-6-8(16)2-4-10(12)14/h1-6H,15-16H2. The zero-order valence-corrected chi connectivity index (χ0v) is 13.0. The lowest BCUT2D eigenvalue weighted by Crippen LogP contribution is -2.29. The SMILES string of the molecule is Nc1ccc(Br)c([Si]c2cc(N)ccc2Br)c1. The molecule has 2 nitrogen and oxygen atoms in total. The lowest BCUT2D eigenvalue weighted by Gasteiger charge is -2.07. The van der Waals surface area contributed by atoms with Gasteiger partial charge in [-0.1, -0.05) is 31.9 Å². The summed E-state index contributed by atoms with van der Waals surface area (Å²) in [5, 5.41) is 2.35. The minimum absolute atomic E-state index is 0.513. The highest BCUT2D eigenvalue weighted by Crippen LogP contribution is 2.12. The molecule has 0 aliphatic rings. The molecule has 0 atom stereocenters. The van der Waals surface area contributed by atoms with Crippen LogP contribution in [-0.4, -0.2) is 9.52 Å². The number of hydrogen-bond donors (Lipinski definition) is 2. The fourth-order valence-corrected chi connectivity index (χ4v) is 3.68. The molecule has 86 valence electrons. The summed E-state index contributed by atoms with van der Waals surface area (Å²) in [5.41, 5.74) is 13.1. The summed E-state index contributed by atoms with van der Waals surface area (Å²) in [6.07, 6.45) is 0. The Kier molecular flexibility index (Phi) is 3.91. The molecular weight excluding hydrogens is 360 g/mol. The highest BCUT2D eigenvalue weighted by molar-refractivity contribution is 9.11. The quantitative estimate of drug-likeness (QED) is 0.628. The van der Waals surface area contributed by atoms with Crippen LogP contribution in [0, 0.1) is 0 Å². The lowest BCUT2D eigenvalue weighted by atomic mass is 10.3. The topological polar surface area (TPSA) is 52.0 Å². The van der Waals surface area contributed by atoms with E-state index in [0.29, 0.717) is 9.52 Å². The van der Waals surface area contributed by atoms with Crippen LogP contribution in [0.25, 0.3) is 0 Å². The molecule has 17 heavy (non-hydrogen) atoms. The number of rotatable bonds is 2. The van der Waals surface area contributed by atoms with Crippen molar-refractivity contribution in [1.82, 2.24) is 0 Å². The Morgan fingerprint density at radius 3 is 1.59 bits per heavy atom. The van der Waals surface area contributed by atoms with Gasteiger partial charge in [-0.3, -0.25) is 0 Å². The first kappa shape index (κ1) is 12.7. The van der Waals surface area contributed by atoms with Gasteiger partial charge in [0.15, 0.2) is 0 Å². The van der Waals surface area contributed by atoms with Crippen molar-refractivity contribution in [3.8, 4) is 0 Å². The molecule has 0 unspecified atom stereocenters. The van der Waals surface area contributed by atoms with Crippen molar-refractivity contribution >= 4 is 63.1 Å². The van der Waals surface area contributed by atoms with Gasteiger partial charge in [0.1, 0.15) is 9.52 Å². The molecule has 2 aromatic rings. The average Bonchev–Trinajstić information content (AvgIpc) is 2.28. The van der Waals surface area contributed by atoms with Crippen LogP contribution >= 0.6 is 31.9 Å². The van der Waals surface area contributed by atoms with E-state index < -0.39 is 0 Å². The van der Waals surface area contributed by atoms with Crippen LogP contribution in [-0.2, 0) is 0 Å². The third kappa shape index (κ3) is 3.11. The Balaban J connectivity index is 2.37. The molecule has 0 aliphatic carbocycles. The fraction of sp³-hybridized carbons (Fsp3) is 0. The van der Waals surface area contributed by atoms with Gasteiger partial charge in [0.25, 0.3) is 0 Å². The first-order valence-corrected chi connectivity index (χ1v) is 7.52. The summed E-state index contributed by atoms with van der Waals surface area (Å²) in [5.74, 6) is 0. The average molecular weight is 370 g/mol. The van der Waals surface area contributed by atoms with E-state index in [1.54, 1.807) is 0 Å². The third-order valence-corrected chi connectivity index (χ3v) is 5.73. The van der Waals surface area contributed by atoms with Gasteiger partial charge in [-0.25, -0.2) is 0 Å². The first-order valence-electron chi connectivity index (χ1n) is 4.93. The second kappa shape index (κ2) is 5.24. The fourth-order valence-electron chi connectivity index (χ4n) is 1.42. The number of benzene rings is 2. The molecule has 2 aromatic carbocycles. The second-order valence-corrected chi connectivity index (χ2v) is 6.64. The van der Waals surface area contributed by atoms with Crippen LogP contribution in [0.5, 0.6) is 0 Å². The molecule has 2 rings (SSSR count). The number of nitrogen functional groups attached to an aromatic ring is 2. The second-order valence-electron chi connectivity index (χ2n) is 3.60. The first-order chi connectivity index (χ1) is 8.06. The number of nitrogens with two attached hydrogens (primary N) is 2. The van der Waals surface area contributed by atoms with Gasteiger partial charge in [0.05, 0.1) is 0 Å². The zero-order valence-electron chi connectivity index (χ0n) is 8.87. The Labute approximate surface area is 119 Å². The molecular formula is C12H10Br2N2Si. The molecule has 0 bridgehead atoms. The molecule has 0 aromatic heterocycles. The maximum Gasteiger partial charge on any atom is 0.124 e. The van der Waals surface area contributed by atoms with Gasteiger partial charge in [0.2, 0.25) is 0 Å². The van der Waals surface area contributed by atoms with E-state index in [-0.39, 0.29) is 0 Å². The van der Waals surface area contributed by atoms with E-state index in [9.17, 15) is 0 Å². The number of halogens is 2. The predicted octanol–water partition coefficient (Wildman–Crippen LogP) is 2.03. The lowest BCUT2D eigenvalue weighted by molar-refractivity contribution is 1.67. The molecule has 0 fully saturated rings. The minimum Gasteiger partial charge on any atom is -0.399 e. The van der Waals surface area contributed by atoms with Gasteiger partial charge in [-0.2, -0.15) is 0 Å². The van der Waals surface area contributed by atoms with Crippen molar-refractivity contribution in [1.29, 1.82) is 0 Å². The Morgan fingerprint density at radius 1 is 0.765 bits per heavy atom. The van der Waals surface area contributed by atoms with E-state index in [2.05, 4.69) is 31.9 Å². The third-order valence-electron chi connectivity index (χ3n) is 2.25. The van der Waals surface area contributed by atoms with Gasteiger partial charge >= 0.3 is 0 Å². The molecule has 4 N–H and O–H groups in total. The van der Waals surface area contributed by atoms with Crippen molar-refractivity contribution in [3.05, 3.63) is 45.3 Å². The van der Waals surface area contributed by atoms with Gasteiger partial charge in [-0.05, 0) is 46.8 Å². The molecule has 0 aliphatic heterocycles. The molecule has 0 spiro atoms. The predicted molar refractivity (Wildman–Crippen MR) is 82.1 cm³/mol. The summed E-state index contributed by atoms with van der Waals surface area (Å²) in [6, 6.07) is 11.7. The summed E-state index contributed by atoms with van der Waals surface area (Å²) in [6.45, 7) is 0. The van der Waals surface area contributed by atoms with Crippen LogP contribution in [0.1, 0.15) is 0 Å². The summed E-state index contributed by atoms with van der Waals surface area (Å²) in [7, 11) is 0.513. The van der Waals surface area contributed by atoms with E-state index in [1.807, 2.05) is 36.4 Å². The van der Waals surface area contributed by atoms with Crippen LogP contribution in [0.15, 0.2) is 45.3 Å². The van der Waals surface area contributed by atoms with Crippen LogP contribution in [0.2, 0.25) is 0 Å². The maximum absolute atomic E-state index is 5.80. The Morgan fingerprint density at radius 2 is 1.18 bits per heavy atom. The van der Waals surface area contributed by atoms with Gasteiger partial charge in [0, 0.05) is 20.3 Å². The number of hydrogen-bond acceptors (Lipinski definition) is 2. The van der Waals surface area contributed by atoms with E-state index >= 15 is 0 Å². The normalized spacial score (nSPS) is 10.5. The number of anilines is 2. The Bertz CT molecular complexity index is 509. The van der Waals surface area contributed by atoms with Gasteiger partial charge < -0.3 is 11.5 Å². The minimum atomic E-state index is 0.513. The molecule has 0 saturated heterocycles. The van der Waals surface area contributed by atoms with Crippen LogP contribution in [0.4, 0.5) is 11.4 Å². The van der Waals surface area contributed by atoms with Crippen molar-refractivity contribution in [2.24, 2.45) is 0 Å². The van der Waals surface area contributed by atoms with Crippen molar-refractivity contribution in [2.45, 2.75) is 0 Å². The van der Waals surface area contributed by atoms with E-state index in [0.717, 1.165) is 20.3 Å². The molecule has 5 heteroatoms. The smallest absolute Gasteiger partial charge is 0.124 e. The molecule has 0 amide bonds. The molecule has 2 radical (unpaired) electrons. The monoisotopic (exact) mass is 368 g/mol. The molecule has 0 saturated carbocycles. The van der Waals surface area contributed by atoms with E-state index in [1.165, 1.54) is 10.4 Å². The molecule has 0 heterocycles. The highest BCUT2D eigenvalue weighted by atomic mass is 79.9. The summed E-state index contributed by atoms with van der Waals surface area (Å²) < 4.78 is 2.14. The highest BCUT2D eigenvalue weighted by Gasteiger charge is 2.07. The zero-order chi connectivity index (χ0) is 12.4. The largest absolute Gasteiger partial charge is 0.399 e.